The van der Waals surface area contributed by atoms with Crippen molar-refractivity contribution in [1.82, 2.24) is 0 Å². The van der Waals surface area contributed by atoms with Crippen LogP contribution in [0.2, 0.25) is 0 Å². The van der Waals surface area contributed by atoms with Gasteiger partial charge in [0.05, 0.1) is 5.69 Å². The van der Waals surface area contributed by atoms with Crippen molar-refractivity contribution in [2.24, 2.45) is 5.92 Å². The molecule has 94 valence electrons. The Morgan fingerprint density at radius 3 is 2.76 bits per heavy atom. The molecule has 0 bridgehead atoms. The van der Waals surface area contributed by atoms with E-state index in [4.69, 9.17) is 0 Å². The molecule has 0 heterocycles. The highest BCUT2D eigenvalue weighted by atomic mass is 79.9. The highest BCUT2D eigenvalue weighted by molar-refractivity contribution is 9.10. The summed E-state index contributed by atoms with van der Waals surface area (Å²) in [4.78, 5) is 0. The van der Waals surface area contributed by atoms with Crippen LogP contribution < -0.4 is 5.32 Å². The fraction of sp³-hybridized carbons (Fsp3) is 0.538. The van der Waals surface area contributed by atoms with Crippen LogP contribution in [0, 0.1) is 17.6 Å². The first-order chi connectivity index (χ1) is 8.11. The third-order valence-corrected chi connectivity index (χ3v) is 4.15. The van der Waals surface area contributed by atoms with Gasteiger partial charge in [0, 0.05) is 16.6 Å². The van der Waals surface area contributed by atoms with Gasteiger partial charge in [-0.25, -0.2) is 8.78 Å². The molecular formula is C13H16BrF2N. The molecule has 0 radical (unpaired) electrons. The molecular weight excluding hydrogens is 288 g/mol. The summed E-state index contributed by atoms with van der Waals surface area (Å²) in [7, 11) is 0. The van der Waals surface area contributed by atoms with E-state index in [2.05, 4.69) is 28.2 Å². The maximum atomic E-state index is 13.7. The molecule has 1 aromatic carbocycles. The summed E-state index contributed by atoms with van der Waals surface area (Å²) in [5.74, 6) is -0.497. The lowest BCUT2D eigenvalue weighted by Crippen LogP contribution is -2.24. The minimum absolute atomic E-state index is 0.302. The lowest BCUT2D eigenvalue weighted by atomic mass is 10.0. The Labute approximate surface area is 109 Å². The van der Waals surface area contributed by atoms with E-state index in [0.717, 1.165) is 18.9 Å². The molecule has 1 aromatic rings. The van der Waals surface area contributed by atoms with Crippen molar-refractivity contribution in [2.45, 2.75) is 38.6 Å². The van der Waals surface area contributed by atoms with Gasteiger partial charge in [-0.05, 0) is 40.8 Å². The third-order valence-electron chi connectivity index (χ3n) is 3.52. The molecule has 0 saturated heterocycles. The van der Waals surface area contributed by atoms with E-state index in [1.165, 1.54) is 18.9 Å². The molecule has 0 spiro atoms. The third kappa shape index (κ3) is 2.79. The van der Waals surface area contributed by atoms with Crippen molar-refractivity contribution >= 4 is 21.6 Å². The maximum Gasteiger partial charge on any atom is 0.150 e. The van der Waals surface area contributed by atoms with E-state index in [1.807, 2.05) is 0 Å². The number of rotatable bonds is 3. The lowest BCUT2D eigenvalue weighted by molar-refractivity contribution is 0.485. The first-order valence-corrected chi connectivity index (χ1v) is 6.82. The highest BCUT2D eigenvalue weighted by Crippen LogP contribution is 2.34. The molecule has 2 atom stereocenters. The minimum atomic E-state index is -0.557. The van der Waals surface area contributed by atoms with Gasteiger partial charge in [-0.1, -0.05) is 19.8 Å². The van der Waals surface area contributed by atoms with Gasteiger partial charge in [0.15, 0.2) is 0 Å². The SMILES string of the molecule is CCC1CCCC1Nc1c(F)cc(F)cc1Br. The van der Waals surface area contributed by atoms with Gasteiger partial charge < -0.3 is 5.32 Å². The van der Waals surface area contributed by atoms with Crippen LogP contribution in [0.3, 0.4) is 0 Å². The molecule has 0 amide bonds. The van der Waals surface area contributed by atoms with Gasteiger partial charge >= 0.3 is 0 Å². The van der Waals surface area contributed by atoms with Crippen LogP contribution in [0.4, 0.5) is 14.5 Å². The topological polar surface area (TPSA) is 12.0 Å². The number of benzene rings is 1. The van der Waals surface area contributed by atoms with Gasteiger partial charge in [0.25, 0.3) is 0 Å². The summed E-state index contributed by atoms with van der Waals surface area (Å²) in [5, 5.41) is 3.22. The molecule has 2 unspecified atom stereocenters. The molecule has 1 aliphatic carbocycles. The normalized spacial score (nSPS) is 24.0. The average Bonchev–Trinajstić information content (AvgIpc) is 2.70. The molecule has 1 N–H and O–H groups in total. The molecule has 0 aliphatic heterocycles. The fourth-order valence-electron chi connectivity index (χ4n) is 2.58. The van der Waals surface area contributed by atoms with E-state index in [-0.39, 0.29) is 0 Å². The fourth-order valence-corrected chi connectivity index (χ4v) is 3.10. The second-order valence-electron chi connectivity index (χ2n) is 4.59. The van der Waals surface area contributed by atoms with Gasteiger partial charge in [-0.2, -0.15) is 0 Å². The van der Waals surface area contributed by atoms with Crippen LogP contribution >= 0.6 is 15.9 Å². The van der Waals surface area contributed by atoms with Gasteiger partial charge in [-0.3, -0.25) is 0 Å². The van der Waals surface area contributed by atoms with E-state index in [1.54, 1.807) is 0 Å². The second kappa shape index (κ2) is 5.34. The molecule has 1 nitrogen and oxygen atoms in total. The first kappa shape index (κ1) is 12.8. The zero-order valence-electron chi connectivity index (χ0n) is 9.77. The molecule has 0 aromatic heterocycles. The second-order valence-corrected chi connectivity index (χ2v) is 5.45. The Morgan fingerprint density at radius 2 is 2.12 bits per heavy atom. The molecule has 4 heteroatoms. The van der Waals surface area contributed by atoms with Crippen molar-refractivity contribution in [2.75, 3.05) is 5.32 Å². The highest BCUT2D eigenvalue weighted by Gasteiger charge is 2.26. The van der Waals surface area contributed by atoms with E-state index in [0.29, 0.717) is 22.1 Å². The molecule has 2 rings (SSSR count). The largest absolute Gasteiger partial charge is 0.379 e. The number of hydrogen-bond donors (Lipinski definition) is 1. The molecule has 1 aliphatic rings. The number of hydrogen-bond acceptors (Lipinski definition) is 1. The van der Waals surface area contributed by atoms with Crippen LogP contribution in [0.5, 0.6) is 0 Å². The molecule has 17 heavy (non-hydrogen) atoms. The smallest absolute Gasteiger partial charge is 0.150 e. The van der Waals surface area contributed by atoms with Crippen molar-refractivity contribution in [1.29, 1.82) is 0 Å². The average molecular weight is 304 g/mol. The van der Waals surface area contributed by atoms with Crippen LogP contribution in [-0.4, -0.2) is 6.04 Å². The Hall–Kier alpha value is -0.640. The van der Waals surface area contributed by atoms with E-state index >= 15 is 0 Å². The van der Waals surface area contributed by atoms with E-state index in [9.17, 15) is 8.78 Å². The number of nitrogens with one attached hydrogen (secondary N) is 1. The molecule has 1 fully saturated rings. The summed E-state index contributed by atoms with van der Waals surface area (Å²) in [6.45, 7) is 2.15. The standard InChI is InChI=1S/C13H16BrF2N/c1-2-8-4-3-5-12(8)17-13-10(14)6-9(15)7-11(13)16/h6-8,12,17H,2-5H2,1H3. The van der Waals surface area contributed by atoms with Crippen LogP contribution in [0.25, 0.3) is 0 Å². The summed E-state index contributed by atoms with van der Waals surface area (Å²) in [6, 6.07) is 2.51. The Morgan fingerprint density at radius 1 is 1.35 bits per heavy atom. The predicted octanol–water partition coefficient (Wildman–Crippen LogP) is 4.72. The van der Waals surface area contributed by atoms with Gasteiger partial charge in [0.2, 0.25) is 0 Å². The van der Waals surface area contributed by atoms with Crippen molar-refractivity contribution in [3.8, 4) is 0 Å². The zero-order chi connectivity index (χ0) is 12.4. The Kier molecular flexibility index (Phi) is 4.02. The molecule has 1 saturated carbocycles. The van der Waals surface area contributed by atoms with Crippen molar-refractivity contribution < 1.29 is 8.78 Å². The van der Waals surface area contributed by atoms with Crippen LogP contribution in [-0.2, 0) is 0 Å². The van der Waals surface area contributed by atoms with E-state index < -0.39 is 11.6 Å². The monoisotopic (exact) mass is 303 g/mol. The van der Waals surface area contributed by atoms with Crippen molar-refractivity contribution in [3.05, 3.63) is 28.2 Å². The van der Waals surface area contributed by atoms with Crippen molar-refractivity contribution in [3.63, 3.8) is 0 Å². The van der Waals surface area contributed by atoms with Crippen LogP contribution in [0.15, 0.2) is 16.6 Å². The summed E-state index contributed by atoms with van der Waals surface area (Å²) in [6.07, 6.45) is 4.52. The van der Waals surface area contributed by atoms with Crippen LogP contribution in [0.1, 0.15) is 32.6 Å². The summed E-state index contributed by atoms with van der Waals surface area (Å²) < 4.78 is 27.1. The van der Waals surface area contributed by atoms with Gasteiger partial charge in [-0.15, -0.1) is 0 Å². The number of halogens is 3. The summed E-state index contributed by atoms with van der Waals surface area (Å²) in [5.41, 5.74) is 0.386. The lowest BCUT2D eigenvalue weighted by Gasteiger charge is -2.22. The number of anilines is 1. The Bertz CT molecular complexity index is 385. The Balaban J connectivity index is 2.18. The maximum absolute atomic E-state index is 13.7. The first-order valence-electron chi connectivity index (χ1n) is 6.03. The predicted molar refractivity (Wildman–Crippen MR) is 69.1 cm³/mol. The quantitative estimate of drug-likeness (QED) is 0.852. The minimum Gasteiger partial charge on any atom is -0.379 e. The summed E-state index contributed by atoms with van der Waals surface area (Å²) >= 11 is 3.20. The van der Waals surface area contributed by atoms with Gasteiger partial charge in [0.1, 0.15) is 11.6 Å². The zero-order valence-corrected chi connectivity index (χ0v) is 11.4.